The molecular formula is C12H20N4O3. The van der Waals surface area contributed by atoms with Gasteiger partial charge < -0.3 is 15.7 Å². The van der Waals surface area contributed by atoms with E-state index in [2.05, 4.69) is 29.6 Å². The molecule has 19 heavy (non-hydrogen) atoms. The predicted molar refractivity (Wildman–Crippen MR) is 70.9 cm³/mol. The second-order valence-electron chi connectivity index (χ2n) is 4.95. The molecule has 0 bridgehead atoms. The highest BCUT2D eigenvalue weighted by Gasteiger charge is 2.10. The monoisotopic (exact) mass is 268 g/mol. The van der Waals surface area contributed by atoms with Gasteiger partial charge in [-0.25, -0.2) is 4.79 Å². The maximum Gasteiger partial charge on any atom is 0.325 e. The molecule has 7 heteroatoms. The number of aromatic nitrogens is 2. The van der Waals surface area contributed by atoms with Gasteiger partial charge >= 0.3 is 12.0 Å². The third-order valence-corrected chi connectivity index (χ3v) is 2.39. The summed E-state index contributed by atoms with van der Waals surface area (Å²) in [5, 5.41) is 17.9. The first-order valence-electron chi connectivity index (χ1n) is 6.18. The topological polar surface area (TPSA) is 96.3 Å². The lowest BCUT2D eigenvalue weighted by atomic mass is 10.1. The quantitative estimate of drug-likeness (QED) is 0.728. The molecule has 0 aromatic carbocycles. The van der Waals surface area contributed by atoms with Crippen LogP contribution in [0.3, 0.4) is 0 Å². The molecule has 2 amide bonds. The fraction of sp³-hybridized carbons (Fsp3) is 0.583. The van der Waals surface area contributed by atoms with Gasteiger partial charge in [-0.05, 0) is 19.3 Å². The third kappa shape index (κ3) is 5.89. The van der Waals surface area contributed by atoms with Crippen LogP contribution in [0.4, 0.5) is 10.5 Å². The van der Waals surface area contributed by atoms with Crippen molar-refractivity contribution in [3.63, 3.8) is 0 Å². The minimum Gasteiger partial charge on any atom is -0.480 e. The largest absolute Gasteiger partial charge is 0.480 e. The van der Waals surface area contributed by atoms with Gasteiger partial charge in [0.2, 0.25) is 0 Å². The number of carbonyl (C=O) groups is 2. The predicted octanol–water partition coefficient (Wildman–Crippen LogP) is 1.52. The summed E-state index contributed by atoms with van der Waals surface area (Å²) in [6.07, 6.45) is 3.78. The van der Waals surface area contributed by atoms with Gasteiger partial charge in [-0.15, -0.1) is 0 Å². The Bertz CT molecular complexity index is 442. The first-order valence-corrected chi connectivity index (χ1v) is 6.18. The number of hydrogen-bond donors (Lipinski definition) is 3. The standard InChI is InChI=1S/C12H20N4O3/c1-8(2)4-9(3)14-12(19)15-10-5-13-16(6-10)7-11(17)18/h5-6,8-9H,4,7H2,1-3H3,(H,17,18)(H2,14,15,19). The Kier molecular flexibility index (Phi) is 5.35. The highest BCUT2D eigenvalue weighted by Crippen LogP contribution is 2.06. The molecule has 1 atom stereocenters. The summed E-state index contributed by atoms with van der Waals surface area (Å²) in [6, 6.07) is -0.239. The van der Waals surface area contributed by atoms with Crippen LogP contribution in [0.1, 0.15) is 27.2 Å². The van der Waals surface area contributed by atoms with Crippen LogP contribution in [-0.2, 0) is 11.3 Å². The minimum absolute atomic E-state index is 0.0778. The lowest BCUT2D eigenvalue weighted by Crippen LogP contribution is -2.36. The molecule has 0 spiro atoms. The summed E-state index contributed by atoms with van der Waals surface area (Å²) < 4.78 is 1.25. The van der Waals surface area contributed by atoms with Crippen LogP contribution in [0.15, 0.2) is 12.4 Å². The Morgan fingerprint density at radius 2 is 2.11 bits per heavy atom. The molecule has 1 aromatic heterocycles. The molecule has 1 heterocycles. The first kappa shape index (κ1) is 15.0. The number of nitrogens with zero attached hydrogens (tertiary/aromatic N) is 2. The summed E-state index contributed by atoms with van der Waals surface area (Å²) in [4.78, 5) is 22.1. The zero-order valence-electron chi connectivity index (χ0n) is 11.4. The van der Waals surface area contributed by atoms with Crippen LogP contribution >= 0.6 is 0 Å². The molecule has 0 aliphatic rings. The van der Waals surface area contributed by atoms with Crippen molar-refractivity contribution in [1.82, 2.24) is 15.1 Å². The first-order chi connectivity index (χ1) is 8.86. The zero-order valence-corrected chi connectivity index (χ0v) is 11.4. The van der Waals surface area contributed by atoms with E-state index < -0.39 is 5.97 Å². The lowest BCUT2D eigenvalue weighted by molar-refractivity contribution is -0.137. The highest BCUT2D eigenvalue weighted by molar-refractivity contribution is 5.89. The maximum atomic E-state index is 11.7. The number of urea groups is 1. The molecule has 0 aliphatic carbocycles. The van der Waals surface area contributed by atoms with Gasteiger partial charge in [0.1, 0.15) is 6.54 Å². The van der Waals surface area contributed by atoms with Gasteiger partial charge in [0.15, 0.2) is 0 Å². The van der Waals surface area contributed by atoms with E-state index in [4.69, 9.17) is 5.11 Å². The number of carboxylic acid groups (broad SMARTS) is 1. The van der Waals surface area contributed by atoms with E-state index in [1.165, 1.54) is 17.1 Å². The summed E-state index contributed by atoms with van der Waals surface area (Å²) in [5.74, 6) is -0.474. The molecule has 1 unspecified atom stereocenters. The number of hydrogen-bond acceptors (Lipinski definition) is 3. The van der Waals surface area contributed by atoms with Crippen molar-refractivity contribution in [3.05, 3.63) is 12.4 Å². The van der Waals surface area contributed by atoms with Gasteiger partial charge in [0.25, 0.3) is 0 Å². The molecule has 1 aromatic rings. The number of aliphatic carboxylic acids is 1. The van der Waals surface area contributed by atoms with Gasteiger partial charge in [0.05, 0.1) is 11.9 Å². The van der Waals surface area contributed by atoms with Crippen LogP contribution in [0.25, 0.3) is 0 Å². The molecule has 3 N–H and O–H groups in total. The van der Waals surface area contributed by atoms with Crippen LogP contribution in [0.5, 0.6) is 0 Å². The average Bonchev–Trinajstić information content (AvgIpc) is 2.62. The summed E-state index contributed by atoms with van der Waals surface area (Å²) in [7, 11) is 0. The van der Waals surface area contributed by atoms with Gasteiger partial charge in [-0.1, -0.05) is 13.8 Å². The fourth-order valence-corrected chi connectivity index (χ4v) is 1.81. The number of carbonyl (C=O) groups excluding carboxylic acids is 1. The van der Waals surface area contributed by atoms with Crippen molar-refractivity contribution >= 4 is 17.7 Å². The average molecular weight is 268 g/mol. The van der Waals surface area contributed by atoms with Crippen molar-refractivity contribution < 1.29 is 14.7 Å². The Morgan fingerprint density at radius 3 is 2.68 bits per heavy atom. The molecule has 1 rings (SSSR count). The minimum atomic E-state index is -0.982. The number of rotatable bonds is 6. The zero-order chi connectivity index (χ0) is 14.4. The van der Waals surface area contributed by atoms with Crippen LogP contribution in [-0.4, -0.2) is 32.9 Å². The molecule has 0 aliphatic heterocycles. The molecule has 0 radical (unpaired) electrons. The van der Waals surface area contributed by atoms with Gasteiger partial charge in [-0.3, -0.25) is 9.48 Å². The van der Waals surface area contributed by atoms with Crippen molar-refractivity contribution in [2.75, 3.05) is 5.32 Å². The second-order valence-corrected chi connectivity index (χ2v) is 4.95. The van der Waals surface area contributed by atoms with Crippen molar-refractivity contribution in [2.24, 2.45) is 5.92 Å². The molecule has 0 fully saturated rings. The van der Waals surface area contributed by atoms with Crippen molar-refractivity contribution in [1.29, 1.82) is 0 Å². The Balaban J connectivity index is 2.44. The SMILES string of the molecule is CC(C)CC(C)NC(=O)Nc1cnn(CC(=O)O)c1. The number of amides is 2. The Labute approximate surface area is 112 Å². The Hall–Kier alpha value is -2.05. The van der Waals surface area contributed by atoms with E-state index in [9.17, 15) is 9.59 Å². The molecule has 0 saturated heterocycles. The van der Waals surface area contributed by atoms with Gasteiger partial charge in [0, 0.05) is 12.2 Å². The summed E-state index contributed by atoms with van der Waals surface area (Å²) in [5.41, 5.74) is 0.468. The maximum absolute atomic E-state index is 11.7. The van der Waals surface area contributed by atoms with Crippen LogP contribution < -0.4 is 10.6 Å². The van der Waals surface area contributed by atoms with E-state index in [1.807, 2.05) is 6.92 Å². The molecule has 106 valence electrons. The van der Waals surface area contributed by atoms with Crippen molar-refractivity contribution in [2.45, 2.75) is 39.8 Å². The number of anilines is 1. The van der Waals surface area contributed by atoms with E-state index in [0.29, 0.717) is 11.6 Å². The summed E-state index contributed by atoms with van der Waals surface area (Å²) in [6.45, 7) is 5.89. The third-order valence-electron chi connectivity index (χ3n) is 2.39. The number of carboxylic acids is 1. The molecule has 0 saturated carbocycles. The molecular weight excluding hydrogens is 248 g/mol. The van der Waals surface area contributed by atoms with E-state index in [1.54, 1.807) is 0 Å². The number of nitrogens with one attached hydrogen (secondary N) is 2. The summed E-state index contributed by atoms with van der Waals surface area (Å²) >= 11 is 0. The Morgan fingerprint density at radius 1 is 1.42 bits per heavy atom. The van der Waals surface area contributed by atoms with E-state index >= 15 is 0 Å². The highest BCUT2D eigenvalue weighted by atomic mass is 16.4. The normalized spacial score (nSPS) is 12.2. The van der Waals surface area contributed by atoms with Gasteiger partial charge in [-0.2, -0.15) is 5.10 Å². The smallest absolute Gasteiger partial charge is 0.325 e. The van der Waals surface area contributed by atoms with Crippen molar-refractivity contribution in [3.8, 4) is 0 Å². The lowest BCUT2D eigenvalue weighted by Gasteiger charge is -2.15. The second kappa shape index (κ2) is 6.77. The fourth-order valence-electron chi connectivity index (χ4n) is 1.81. The molecule has 7 nitrogen and oxygen atoms in total. The van der Waals surface area contributed by atoms with Crippen LogP contribution in [0.2, 0.25) is 0 Å². The van der Waals surface area contributed by atoms with Crippen LogP contribution in [0, 0.1) is 5.92 Å². The van der Waals surface area contributed by atoms with E-state index in [0.717, 1.165) is 6.42 Å². The van der Waals surface area contributed by atoms with E-state index in [-0.39, 0.29) is 18.6 Å².